The topological polar surface area (TPSA) is 87.7 Å². The van der Waals surface area contributed by atoms with E-state index in [4.69, 9.17) is 9.84 Å². The summed E-state index contributed by atoms with van der Waals surface area (Å²) in [6.07, 6.45) is -0.380. The number of carbonyl (C=O) groups excluding carboxylic acids is 1. The molecule has 0 heterocycles. The number of hydrogen-bond donors (Lipinski definition) is 3. The van der Waals surface area contributed by atoms with Gasteiger partial charge >= 0.3 is 6.09 Å². The molecule has 2 amide bonds. The number of nitrogens with one attached hydrogen (secondary N) is 2. The Kier molecular flexibility index (Phi) is 7.26. The minimum absolute atomic E-state index is 0.110. The second-order valence-corrected chi connectivity index (χ2v) is 8.12. The molecule has 0 spiro atoms. The van der Waals surface area contributed by atoms with Crippen LogP contribution in [-0.4, -0.2) is 29.3 Å². The molecule has 0 aromatic heterocycles. The number of carboxylic acid groups (broad SMARTS) is 1. The van der Waals surface area contributed by atoms with Gasteiger partial charge in [0.2, 0.25) is 5.91 Å². The zero-order valence-electron chi connectivity index (χ0n) is 17.7. The van der Waals surface area contributed by atoms with Gasteiger partial charge in [-0.05, 0) is 67.1 Å². The molecule has 0 fully saturated rings. The van der Waals surface area contributed by atoms with E-state index in [1.165, 1.54) is 6.92 Å². The van der Waals surface area contributed by atoms with Crippen LogP contribution in [0.15, 0.2) is 42.5 Å². The molecule has 0 aliphatic carbocycles. The van der Waals surface area contributed by atoms with Crippen LogP contribution in [-0.2, 0) is 4.79 Å². The number of anilines is 1. The Morgan fingerprint density at radius 2 is 1.83 bits per heavy atom. The van der Waals surface area contributed by atoms with Crippen molar-refractivity contribution in [2.45, 2.75) is 46.6 Å². The van der Waals surface area contributed by atoms with E-state index in [1.807, 2.05) is 56.3 Å². The molecule has 3 N–H and O–H groups in total. The molecule has 6 heteroatoms. The fraction of sp³-hybridized carbons (Fsp3) is 0.391. The molecule has 0 saturated carbocycles. The Balaban J connectivity index is 2.17. The summed E-state index contributed by atoms with van der Waals surface area (Å²) >= 11 is 0. The van der Waals surface area contributed by atoms with Gasteiger partial charge in [0.05, 0.1) is 5.54 Å². The van der Waals surface area contributed by atoms with Gasteiger partial charge in [0.15, 0.2) is 0 Å². The zero-order chi connectivity index (χ0) is 21.6. The van der Waals surface area contributed by atoms with Gasteiger partial charge in [-0.3, -0.25) is 4.79 Å². The number of rotatable bonds is 8. The highest BCUT2D eigenvalue weighted by Crippen LogP contribution is 2.29. The summed E-state index contributed by atoms with van der Waals surface area (Å²) in [5.41, 5.74) is 3.03. The monoisotopic (exact) mass is 398 g/mol. The number of hydrogen-bond acceptors (Lipinski definition) is 3. The van der Waals surface area contributed by atoms with Crippen molar-refractivity contribution in [2.24, 2.45) is 5.92 Å². The maximum Gasteiger partial charge on any atom is 0.405 e. The Hall–Kier alpha value is -3.02. The third kappa shape index (κ3) is 6.82. The molecule has 1 atom stereocenters. The quantitative estimate of drug-likeness (QED) is 0.579. The number of benzene rings is 2. The molecule has 2 aromatic carbocycles. The standard InChI is InChI=1S/C23H30N2O4/c1-15(2)13-23(5,25-22(27)28)14-29-21-10-9-19(11-16(21)3)18-7-6-8-20(12-18)24-17(4)26/h6-12,15,25H,13-14H2,1-5H3,(H,24,26)(H,27,28). The van der Waals surface area contributed by atoms with Crippen molar-refractivity contribution in [3.05, 3.63) is 48.0 Å². The fourth-order valence-corrected chi connectivity index (χ4v) is 3.51. The SMILES string of the molecule is CC(=O)Nc1cccc(-c2ccc(OCC(C)(CC(C)C)NC(=O)O)c(C)c2)c1. The van der Waals surface area contributed by atoms with E-state index in [0.29, 0.717) is 18.1 Å². The van der Waals surface area contributed by atoms with Crippen molar-refractivity contribution in [1.82, 2.24) is 5.32 Å². The van der Waals surface area contributed by atoms with Crippen molar-refractivity contribution >= 4 is 17.7 Å². The lowest BCUT2D eigenvalue weighted by Crippen LogP contribution is -2.50. The van der Waals surface area contributed by atoms with Crippen LogP contribution in [0.5, 0.6) is 5.75 Å². The molecule has 0 bridgehead atoms. The van der Waals surface area contributed by atoms with Crippen LogP contribution in [0.1, 0.15) is 39.7 Å². The predicted octanol–water partition coefficient (Wildman–Crippen LogP) is 5.07. The van der Waals surface area contributed by atoms with Crippen LogP contribution in [0.4, 0.5) is 10.5 Å². The molecule has 0 saturated heterocycles. The summed E-state index contributed by atoms with van der Waals surface area (Å²) in [5.74, 6) is 0.935. The maximum atomic E-state index is 11.3. The third-order valence-electron chi connectivity index (χ3n) is 4.50. The number of amides is 2. The summed E-state index contributed by atoms with van der Waals surface area (Å²) in [6.45, 7) is 9.65. The molecule has 29 heavy (non-hydrogen) atoms. The van der Waals surface area contributed by atoms with Gasteiger partial charge in [-0.2, -0.15) is 0 Å². The molecule has 0 aliphatic heterocycles. The third-order valence-corrected chi connectivity index (χ3v) is 4.50. The second-order valence-electron chi connectivity index (χ2n) is 8.12. The van der Waals surface area contributed by atoms with Crippen molar-refractivity contribution in [1.29, 1.82) is 0 Å². The van der Waals surface area contributed by atoms with E-state index in [9.17, 15) is 9.59 Å². The van der Waals surface area contributed by atoms with Crippen LogP contribution in [0.2, 0.25) is 0 Å². The van der Waals surface area contributed by atoms with Gasteiger partial charge in [-0.15, -0.1) is 0 Å². The summed E-state index contributed by atoms with van der Waals surface area (Å²) in [5, 5.41) is 14.5. The van der Waals surface area contributed by atoms with E-state index in [2.05, 4.69) is 24.5 Å². The minimum atomic E-state index is -1.05. The van der Waals surface area contributed by atoms with E-state index in [1.54, 1.807) is 0 Å². The molecule has 0 radical (unpaired) electrons. The van der Waals surface area contributed by atoms with Gasteiger partial charge in [0.25, 0.3) is 0 Å². The molecule has 156 valence electrons. The Morgan fingerprint density at radius 3 is 2.41 bits per heavy atom. The van der Waals surface area contributed by atoms with Crippen LogP contribution >= 0.6 is 0 Å². The Morgan fingerprint density at radius 1 is 1.14 bits per heavy atom. The highest BCUT2D eigenvalue weighted by Gasteiger charge is 2.28. The molecular formula is C23H30N2O4. The minimum Gasteiger partial charge on any atom is -0.491 e. The van der Waals surface area contributed by atoms with Crippen molar-refractivity contribution in [3.8, 4) is 16.9 Å². The van der Waals surface area contributed by atoms with Gasteiger partial charge in [0, 0.05) is 12.6 Å². The first-order valence-electron chi connectivity index (χ1n) is 9.70. The van der Waals surface area contributed by atoms with E-state index >= 15 is 0 Å². The van der Waals surface area contributed by atoms with Crippen molar-refractivity contribution in [3.63, 3.8) is 0 Å². The zero-order valence-corrected chi connectivity index (χ0v) is 17.7. The average Bonchev–Trinajstić information content (AvgIpc) is 2.59. The van der Waals surface area contributed by atoms with Crippen LogP contribution < -0.4 is 15.4 Å². The van der Waals surface area contributed by atoms with Crippen molar-refractivity contribution in [2.75, 3.05) is 11.9 Å². The van der Waals surface area contributed by atoms with Crippen LogP contribution in [0, 0.1) is 12.8 Å². The molecule has 1 unspecified atom stereocenters. The normalized spacial score (nSPS) is 12.9. The van der Waals surface area contributed by atoms with Gasteiger partial charge in [0.1, 0.15) is 12.4 Å². The van der Waals surface area contributed by atoms with E-state index in [0.717, 1.165) is 22.4 Å². The summed E-state index contributed by atoms with van der Waals surface area (Å²) in [7, 11) is 0. The Bertz CT molecular complexity index is 879. The lowest BCUT2D eigenvalue weighted by atomic mass is 9.91. The molecule has 0 aliphatic rings. The van der Waals surface area contributed by atoms with E-state index < -0.39 is 11.6 Å². The molecule has 2 aromatic rings. The lowest BCUT2D eigenvalue weighted by Gasteiger charge is -2.31. The number of aryl methyl sites for hydroxylation is 1. The Labute approximate surface area is 172 Å². The van der Waals surface area contributed by atoms with E-state index in [-0.39, 0.29) is 12.5 Å². The predicted molar refractivity (Wildman–Crippen MR) is 115 cm³/mol. The van der Waals surface area contributed by atoms with Crippen LogP contribution in [0.25, 0.3) is 11.1 Å². The smallest absolute Gasteiger partial charge is 0.405 e. The first-order valence-corrected chi connectivity index (χ1v) is 9.70. The molecule has 6 nitrogen and oxygen atoms in total. The van der Waals surface area contributed by atoms with Gasteiger partial charge < -0.3 is 20.5 Å². The molecular weight excluding hydrogens is 368 g/mol. The largest absolute Gasteiger partial charge is 0.491 e. The summed E-state index contributed by atoms with van der Waals surface area (Å²) < 4.78 is 5.99. The molecule has 2 rings (SSSR count). The summed E-state index contributed by atoms with van der Waals surface area (Å²) in [4.78, 5) is 22.5. The first-order chi connectivity index (χ1) is 13.6. The van der Waals surface area contributed by atoms with Crippen molar-refractivity contribution < 1.29 is 19.4 Å². The highest BCUT2D eigenvalue weighted by molar-refractivity contribution is 5.89. The average molecular weight is 399 g/mol. The number of carbonyl (C=O) groups is 2. The summed E-state index contributed by atoms with van der Waals surface area (Å²) in [6, 6.07) is 13.5. The fourth-order valence-electron chi connectivity index (χ4n) is 3.51. The second kappa shape index (κ2) is 9.45. The number of ether oxygens (including phenoxy) is 1. The maximum absolute atomic E-state index is 11.3. The van der Waals surface area contributed by atoms with Gasteiger partial charge in [-0.25, -0.2) is 4.79 Å². The lowest BCUT2D eigenvalue weighted by molar-refractivity contribution is -0.114. The first kappa shape index (κ1) is 22.3. The highest BCUT2D eigenvalue weighted by atomic mass is 16.5. The van der Waals surface area contributed by atoms with Gasteiger partial charge in [-0.1, -0.05) is 32.0 Å². The van der Waals surface area contributed by atoms with Crippen LogP contribution in [0.3, 0.4) is 0 Å².